The summed E-state index contributed by atoms with van der Waals surface area (Å²) in [7, 11) is 0. The molecule has 1 saturated heterocycles. The maximum Gasteiger partial charge on any atom is 0.125 e. The first kappa shape index (κ1) is 21.8. The van der Waals surface area contributed by atoms with Gasteiger partial charge in [0.15, 0.2) is 0 Å². The smallest absolute Gasteiger partial charge is 0.125 e. The summed E-state index contributed by atoms with van der Waals surface area (Å²) in [4.78, 5) is 7.57. The molecule has 1 saturated carbocycles. The predicted octanol–water partition coefficient (Wildman–Crippen LogP) is 5.32. The van der Waals surface area contributed by atoms with E-state index in [1.165, 1.54) is 57.6 Å². The number of nitrogens with one attached hydrogen (secondary N) is 1. The molecule has 4 rings (SSSR count). The number of likely N-dealkylation sites (tertiary alicyclic amines) is 1. The summed E-state index contributed by atoms with van der Waals surface area (Å²) in [6.45, 7) is 7.60. The molecule has 2 heterocycles. The highest BCUT2D eigenvalue weighted by Gasteiger charge is 2.26. The van der Waals surface area contributed by atoms with Crippen LogP contribution in [0.2, 0.25) is 0 Å². The fraction of sp³-hybridized carbons (Fsp3) is 0.720. The minimum atomic E-state index is -0.163. The molecule has 0 unspecified atom stereocenters. The minimum absolute atomic E-state index is 0.163. The second-order valence-electron chi connectivity index (χ2n) is 9.38. The van der Waals surface area contributed by atoms with Gasteiger partial charge in [0, 0.05) is 38.6 Å². The van der Waals surface area contributed by atoms with Gasteiger partial charge in [0.1, 0.15) is 11.6 Å². The Labute approximate surface area is 181 Å². The number of fused-ring (bicyclic) bond motifs is 1. The lowest BCUT2D eigenvalue weighted by Gasteiger charge is -2.36. The third kappa shape index (κ3) is 5.42. The highest BCUT2D eigenvalue weighted by Crippen LogP contribution is 2.31. The van der Waals surface area contributed by atoms with Gasteiger partial charge in [-0.2, -0.15) is 0 Å². The fourth-order valence-corrected chi connectivity index (χ4v) is 5.53. The second-order valence-corrected chi connectivity index (χ2v) is 9.38. The summed E-state index contributed by atoms with van der Waals surface area (Å²) >= 11 is 0. The molecule has 2 aliphatic rings. The first-order valence-corrected chi connectivity index (χ1v) is 12.3. The van der Waals surface area contributed by atoms with E-state index in [4.69, 9.17) is 4.98 Å². The quantitative estimate of drug-likeness (QED) is 0.622. The number of imidazole rings is 1. The molecule has 0 atom stereocenters. The van der Waals surface area contributed by atoms with Crippen LogP contribution in [0.25, 0.3) is 11.0 Å². The number of nitrogens with zero attached hydrogens (tertiary/aromatic N) is 3. The van der Waals surface area contributed by atoms with Gasteiger partial charge in [0.25, 0.3) is 0 Å². The van der Waals surface area contributed by atoms with E-state index in [9.17, 15) is 4.39 Å². The highest BCUT2D eigenvalue weighted by atomic mass is 19.1. The van der Waals surface area contributed by atoms with Gasteiger partial charge in [-0.25, -0.2) is 9.37 Å². The lowest BCUT2D eigenvalue weighted by atomic mass is 9.90. The largest absolute Gasteiger partial charge is 0.325 e. The Morgan fingerprint density at radius 2 is 1.77 bits per heavy atom. The van der Waals surface area contributed by atoms with E-state index >= 15 is 0 Å². The summed E-state index contributed by atoms with van der Waals surface area (Å²) in [5.74, 6) is 1.83. The molecule has 0 amide bonds. The first-order valence-electron chi connectivity index (χ1n) is 12.3. The lowest BCUT2D eigenvalue weighted by Crippen LogP contribution is -2.38. The van der Waals surface area contributed by atoms with E-state index in [1.54, 1.807) is 6.07 Å². The SMILES string of the molecule is CCNCCc1nc2ccc(F)cc2n1C1CCN(CC2CCCCCCC2)CC1. The summed E-state index contributed by atoms with van der Waals surface area (Å²) in [5.41, 5.74) is 1.90. The maximum atomic E-state index is 14.0. The molecule has 1 aromatic carbocycles. The van der Waals surface area contributed by atoms with Crippen molar-refractivity contribution in [2.24, 2.45) is 5.92 Å². The van der Waals surface area contributed by atoms with Crippen LogP contribution in [0, 0.1) is 11.7 Å². The highest BCUT2D eigenvalue weighted by molar-refractivity contribution is 5.76. The molecule has 1 aromatic heterocycles. The molecule has 2 fully saturated rings. The van der Waals surface area contributed by atoms with Crippen LogP contribution in [-0.4, -0.2) is 47.2 Å². The van der Waals surface area contributed by atoms with E-state index < -0.39 is 0 Å². The number of rotatable bonds is 7. The van der Waals surface area contributed by atoms with Crippen molar-refractivity contribution in [1.29, 1.82) is 0 Å². The number of aromatic nitrogens is 2. The summed E-state index contributed by atoms with van der Waals surface area (Å²) in [5, 5.41) is 3.41. The van der Waals surface area contributed by atoms with Crippen LogP contribution in [0.4, 0.5) is 4.39 Å². The molecule has 30 heavy (non-hydrogen) atoms. The monoisotopic (exact) mass is 414 g/mol. The van der Waals surface area contributed by atoms with Gasteiger partial charge in [-0.05, 0) is 56.3 Å². The summed E-state index contributed by atoms with van der Waals surface area (Å²) in [6.07, 6.45) is 13.1. The zero-order chi connectivity index (χ0) is 20.8. The molecule has 0 bridgehead atoms. The van der Waals surface area contributed by atoms with Gasteiger partial charge in [-0.3, -0.25) is 0 Å². The van der Waals surface area contributed by atoms with Crippen molar-refractivity contribution in [3.63, 3.8) is 0 Å². The van der Waals surface area contributed by atoms with Crippen molar-refractivity contribution in [3.05, 3.63) is 29.8 Å². The molecule has 2 aromatic rings. The van der Waals surface area contributed by atoms with Crippen LogP contribution < -0.4 is 5.32 Å². The topological polar surface area (TPSA) is 33.1 Å². The van der Waals surface area contributed by atoms with Gasteiger partial charge in [0.2, 0.25) is 0 Å². The van der Waals surface area contributed by atoms with Crippen LogP contribution in [0.1, 0.15) is 76.6 Å². The van der Waals surface area contributed by atoms with Crippen molar-refractivity contribution in [3.8, 4) is 0 Å². The Hall–Kier alpha value is -1.46. The summed E-state index contributed by atoms with van der Waals surface area (Å²) < 4.78 is 16.4. The molecule has 0 spiro atoms. The third-order valence-electron chi connectivity index (χ3n) is 7.16. The number of hydrogen-bond donors (Lipinski definition) is 1. The van der Waals surface area contributed by atoms with E-state index in [-0.39, 0.29) is 5.82 Å². The van der Waals surface area contributed by atoms with Crippen molar-refractivity contribution >= 4 is 11.0 Å². The Morgan fingerprint density at radius 3 is 2.50 bits per heavy atom. The number of benzene rings is 1. The number of likely N-dealkylation sites (N-methyl/N-ethyl adjacent to an activating group) is 1. The molecule has 1 N–H and O–H groups in total. The molecular formula is C25H39FN4. The zero-order valence-corrected chi connectivity index (χ0v) is 18.7. The van der Waals surface area contributed by atoms with Crippen LogP contribution in [0.15, 0.2) is 18.2 Å². The average Bonchev–Trinajstić information content (AvgIpc) is 3.08. The minimum Gasteiger partial charge on any atom is -0.325 e. The van der Waals surface area contributed by atoms with Gasteiger partial charge < -0.3 is 14.8 Å². The molecule has 4 nitrogen and oxygen atoms in total. The standard InChI is InChI=1S/C25H39FN4/c1-2-27-15-12-25-28-23-11-10-21(26)18-24(23)30(25)22-13-16-29(17-14-22)19-20-8-6-4-3-5-7-9-20/h10-11,18,20,22,27H,2-9,12-17,19H2,1H3. The van der Waals surface area contributed by atoms with Crippen LogP contribution in [0.5, 0.6) is 0 Å². The molecule has 1 aliphatic heterocycles. The van der Waals surface area contributed by atoms with E-state index in [0.717, 1.165) is 68.2 Å². The number of hydrogen-bond acceptors (Lipinski definition) is 3. The molecule has 0 radical (unpaired) electrons. The van der Waals surface area contributed by atoms with Gasteiger partial charge in [-0.1, -0.05) is 39.0 Å². The van der Waals surface area contributed by atoms with E-state index in [2.05, 4.69) is 21.7 Å². The number of piperidine rings is 1. The van der Waals surface area contributed by atoms with Crippen molar-refractivity contribution in [2.75, 3.05) is 32.7 Å². The fourth-order valence-electron chi connectivity index (χ4n) is 5.53. The normalized spacial score (nSPS) is 20.5. The Morgan fingerprint density at radius 1 is 1.03 bits per heavy atom. The first-order chi connectivity index (χ1) is 14.7. The molecular weight excluding hydrogens is 375 g/mol. The molecule has 166 valence electrons. The van der Waals surface area contributed by atoms with Crippen LogP contribution in [-0.2, 0) is 6.42 Å². The van der Waals surface area contributed by atoms with Crippen molar-refractivity contribution < 1.29 is 4.39 Å². The van der Waals surface area contributed by atoms with Crippen LogP contribution in [0.3, 0.4) is 0 Å². The summed E-state index contributed by atoms with van der Waals surface area (Å²) in [6, 6.07) is 5.48. The zero-order valence-electron chi connectivity index (χ0n) is 18.7. The van der Waals surface area contributed by atoms with Gasteiger partial charge >= 0.3 is 0 Å². The van der Waals surface area contributed by atoms with E-state index in [0.29, 0.717) is 6.04 Å². The number of halogens is 1. The molecule has 5 heteroatoms. The van der Waals surface area contributed by atoms with Crippen molar-refractivity contribution in [1.82, 2.24) is 19.8 Å². The Balaban J connectivity index is 1.43. The van der Waals surface area contributed by atoms with Gasteiger partial charge in [0.05, 0.1) is 11.0 Å². The average molecular weight is 415 g/mol. The lowest BCUT2D eigenvalue weighted by molar-refractivity contribution is 0.152. The predicted molar refractivity (Wildman–Crippen MR) is 122 cm³/mol. The molecule has 1 aliphatic carbocycles. The van der Waals surface area contributed by atoms with Crippen molar-refractivity contribution in [2.45, 2.75) is 77.2 Å². The van der Waals surface area contributed by atoms with Crippen LogP contribution >= 0.6 is 0 Å². The maximum absolute atomic E-state index is 14.0. The second kappa shape index (κ2) is 10.7. The third-order valence-corrected chi connectivity index (χ3v) is 7.16. The van der Waals surface area contributed by atoms with E-state index in [1.807, 2.05) is 6.07 Å². The van der Waals surface area contributed by atoms with Gasteiger partial charge in [-0.15, -0.1) is 0 Å². The Kier molecular flexibility index (Phi) is 7.78. The Bertz CT molecular complexity index is 786.